The molecule has 5 nitrogen and oxygen atoms in total. The van der Waals surface area contributed by atoms with Crippen LogP contribution in [0.5, 0.6) is 0 Å². The van der Waals surface area contributed by atoms with Crippen molar-refractivity contribution in [3.8, 4) is 11.6 Å². The molecule has 0 N–H and O–H groups in total. The van der Waals surface area contributed by atoms with Crippen LogP contribution >= 0.6 is 0 Å². The van der Waals surface area contributed by atoms with Gasteiger partial charge in [-0.25, -0.2) is 15.0 Å². The van der Waals surface area contributed by atoms with Gasteiger partial charge in [0.2, 0.25) is 0 Å². The second-order valence-electron chi connectivity index (χ2n) is 6.32. The van der Waals surface area contributed by atoms with Crippen molar-refractivity contribution in [2.75, 3.05) is 0 Å². The van der Waals surface area contributed by atoms with Crippen molar-refractivity contribution in [2.24, 2.45) is 0 Å². The number of furan rings is 1. The Morgan fingerprint density at radius 3 is 2.96 bits per heavy atom. The van der Waals surface area contributed by atoms with E-state index in [1.54, 1.807) is 0 Å². The van der Waals surface area contributed by atoms with Crippen LogP contribution in [0.25, 0.3) is 11.6 Å². The van der Waals surface area contributed by atoms with Crippen LogP contribution in [0.1, 0.15) is 41.9 Å². The third-order valence-corrected chi connectivity index (χ3v) is 4.71. The summed E-state index contributed by atoms with van der Waals surface area (Å²) in [7, 11) is 0. The highest BCUT2D eigenvalue weighted by Crippen LogP contribution is 2.23. The van der Waals surface area contributed by atoms with Crippen LogP contribution in [0.3, 0.4) is 0 Å². The van der Waals surface area contributed by atoms with Gasteiger partial charge >= 0.3 is 0 Å². The molecule has 5 heteroatoms. The van der Waals surface area contributed by atoms with Crippen LogP contribution < -0.4 is 0 Å². The Morgan fingerprint density at radius 1 is 1.21 bits per heavy atom. The molecule has 3 heterocycles. The van der Waals surface area contributed by atoms with Gasteiger partial charge in [0, 0.05) is 43.2 Å². The van der Waals surface area contributed by atoms with Crippen LogP contribution in [0.2, 0.25) is 0 Å². The zero-order valence-electron chi connectivity index (χ0n) is 14.2. The van der Waals surface area contributed by atoms with E-state index in [1.165, 1.54) is 17.7 Å². The van der Waals surface area contributed by atoms with Crippen molar-refractivity contribution in [1.82, 2.24) is 19.5 Å². The maximum atomic E-state index is 5.83. The molecule has 3 aromatic rings. The second-order valence-corrected chi connectivity index (χ2v) is 6.32. The van der Waals surface area contributed by atoms with E-state index < -0.39 is 0 Å². The van der Waals surface area contributed by atoms with Crippen LogP contribution in [0, 0.1) is 6.92 Å². The molecule has 24 heavy (non-hydrogen) atoms. The van der Waals surface area contributed by atoms with Crippen LogP contribution in [0.4, 0.5) is 0 Å². The summed E-state index contributed by atoms with van der Waals surface area (Å²) in [5, 5.41) is 0. The van der Waals surface area contributed by atoms with Crippen molar-refractivity contribution < 1.29 is 4.42 Å². The lowest BCUT2D eigenvalue weighted by Crippen LogP contribution is -2.08. The summed E-state index contributed by atoms with van der Waals surface area (Å²) in [6, 6.07) is 4.01. The normalized spacial score (nSPS) is 13.4. The quantitative estimate of drug-likeness (QED) is 0.721. The number of hydrogen-bond acceptors (Lipinski definition) is 4. The standard InChI is InChI=1S/C19H22N4O/c1-3-14-7-8-17(24-14)19-20-10-12-23(19)11-9-18-21-13(2)15-5-4-6-16(15)22-18/h7-8,10,12H,3-6,9,11H2,1-2H3. The number of nitrogens with zero attached hydrogens (tertiary/aromatic N) is 4. The van der Waals surface area contributed by atoms with E-state index in [4.69, 9.17) is 14.4 Å². The molecule has 3 aromatic heterocycles. The number of hydrogen-bond donors (Lipinski definition) is 0. The summed E-state index contributed by atoms with van der Waals surface area (Å²) in [5.74, 6) is 3.61. The maximum absolute atomic E-state index is 5.83. The molecule has 4 rings (SSSR count). The minimum Gasteiger partial charge on any atom is -0.458 e. The highest BCUT2D eigenvalue weighted by molar-refractivity contribution is 5.47. The summed E-state index contributed by atoms with van der Waals surface area (Å²) in [6.45, 7) is 4.99. The molecule has 124 valence electrons. The number of aryl methyl sites for hydroxylation is 5. The molecule has 0 saturated carbocycles. The molecule has 0 fully saturated rings. The average Bonchev–Trinajstić information content (AvgIpc) is 3.31. The van der Waals surface area contributed by atoms with Gasteiger partial charge in [0.15, 0.2) is 11.6 Å². The molecule has 1 aliphatic carbocycles. The lowest BCUT2D eigenvalue weighted by Gasteiger charge is -2.09. The highest BCUT2D eigenvalue weighted by Gasteiger charge is 2.17. The summed E-state index contributed by atoms with van der Waals surface area (Å²) in [5.41, 5.74) is 3.77. The lowest BCUT2D eigenvalue weighted by molar-refractivity contribution is 0.519. The minimum atomic E-state index is 0.801. The minimum absolute atomic E-state index is 0.801. The van der Waals surface area contributed by atoms with E-state index in [0.29, 0.717) is 0 Å². The predicted octanol–water partition coefficient (Wildman–Crippen LogP) is 3.54. The number of rotatable bonds is 5. The first-order chi connectivity index (χ1) is 11.7. The van der Waals surface area contributed by atoms with Crippen molar-refractivity contribution >= 4 is 0 Å². The van der Waals surface area contributed by atoms with Crippen molar-refractivity contribution in [2.45, 2.75) is 52.5 Å². The molecule has 0 unspecified atom stereocenters. The van der Waals surface area contributed by atoms with Crippen LogP contribution in [-0.2, 0) is 32.2 Å². The Balaban J connectivity index is 1.53. The summed E-state index contributed by atoms with van der Waals surface area (Å²) >= 11 is 0. The zero-order chi connectivity index (χ0) is 16.5. The first-order valence-electron chi connectivity index (χ1n) is 8.70. The molecular weight excluding hydrogens is 300 g/mol. The van der Waals surface area contributed by atoms with Crippen LogP contribution in [0.15, 0.2) is 28.9 Å². The van der Waals surface area contributed by atoms with Crippen molar-refractivity contribution in [3.63, 3.8) is 0 Å². The van der Waals surface area contributed by atoms with E-state index >= 15 is 0 Å². The monoisotopic (exact) mass is 322 g/mol. The fourth-order valence-electron chi connectivity index (χ4n) is 3.42. The van der Waals surface area contributed by atoms with Crippen molar-refractivity contribution in [3.05, 3.63) is 53.1 Å². The molecule has 0 aromatic carbocycles. The fourth-order valence-corrected chi connectivity index (χ4v) is 3.42. The van der Waals surface area contributed by atoms with Gasteiger partial charge in [-0.1, -0.05) is 6.92 Å². The van der Waals surface area contributed by atoms with E-state index in [1.807, 2.05) is 24.5 Å². The molecule has 0 atom stereocenters. The number of aromatic nitrogens is 4. The number of imidazole rings is 1. The Hall–Kier alpha value is -2.43. The second kappa shape index (κ2) is 6.23. The van der Waals surface area contributed by atoms with E-state index in [9.17, 15) is 0 Å². The van der Waals surface area contributed by atoms with Crippen molar-refractivity contribution in [1.29, 1.82) is 0 Å². The Morgan fingerprint density at radius 2 is 2.12 bits per heavy atom. The third kappa shape index (κ3) is 2.75. The van der Waals surface area contributed by atoms with Gasteiger partial charge in [-0.15, -0.1) is 0 Å². The smallest absolute Gasteiger partial charge is 0.176 e. The molecule has 0 amide bonds. The van der Waals surface area contributed by atoms with Gasteiger partial charge < -0.3 is 8.98 Å². The van der Waals surface area contributed by atoms with Gasteiger partial charge in [-0.2, -0.15) is 0 Å². The maximum Gasteiger partial charge on any atom is 0.176 e. The first-order valence-corrected chi connectivity index (χ1v) is 8.70. The highest BCUT2D eigenvalue weighted by atomic mass is 16.3. The SMILES string of the molecule is CCc1ccc(-c2nccn2CCc2nc(C)c3c(n2)CCC3)o1. The number of fused-ring (bicyclic) bond motifs is 1. The zero-order valence-corrected chi connectivity index (χ0v) is 14.2. The molecular formula is C19H22N4O. The summed E-state index contributed by atoms with van der Waals surface area (Å²) in [4.78, 5) is 13.9. The van der Waals surface area contributed by atoms with Gasteiger partial charge in [0.1, 0.15) is 11.6 Å². The largest absolute Gasteiger partial charge is 0.458 e. The first kappa shape index (κ1) is 15.1. The summed E-state index contributed by atoms with van der Waals surface area (Å²) < 4.78 is 7.95. The molecule has 0 spiro atoms. The van der Waals surface area contributed by atoms with Gasteiger partial charge in [-0.05, 0) is 43.9 Å². The topological polar surface area (TPSA) is 56.7 Å². The van der Waals surface area contributed by atoms with Gasteiger partial charge in [-0.3, -0.25) is 0 Å². The molecule has 0 radical (unpaired) electrons. The third-order valence-electron chi connectivity index (χ3n) is 4.71. The lowest BCUT2D eigenvalue weighted by atomic mass is 10.2. The molecule has 1 aliphatic rings. The molecule has 0 bridgehead atoms. The average molecular weight is 322 g/mol. The van der Waals surface area contributed by atoms with Gasteiger partial charge in [0.25, 0.3) is 0 Å². The van der Waals surface area contributed by atoms with Crippen LogP contribution in [-0.4, -0.2) is 19.5 Å². The Kier molecular flexibility index (Phi) is 3.92. The Labute approximate surface area is 141 Å². The van der Waals surface area contributed by atoms with Gasteiger partial charge in [0.05, 0.1) is 0 Å². The summed E-state index contributed by atoms with van der Waals surface area (Å²) in [6.07, 6.45) is 8.93. The molecule has 0 aliphatic heterocycles. The van der Waals surface area contributed by atoms with E-state index in [2.05, 4.69) is 23.4 Å². The predicted molar refractivity (Wildman–Crippen MR) is 91.8 cm³/mol. The molecule has 0 saturated heterocycles. The fraction of sp³-hybridized carbons (Fsp3) is 0.421. The van der Waals surface area contributed by atoms with E-state index in [-0.39, 0.29) is 0 Å². The van der Waals surface area contributed by atoms with E-state index in [0.717, 1.165) is 61.1 Å². The Bertz CT molecular complexity index is 862.